The first-order chi connectivity index (χ1) is 11.5. The number of hydrogen-bond acceptors (Lipinski definition) is 4. The van der Waals surface area contributed by atoms with Crippen LogP contribution in [0.4, 0.5) is 4.39 Å². The van der Waals surface area contributed by atoms with E-state index in [2.05, 4.69) is 0 Å². The van der Waals surface area contributed by atoms with Gasteiger partial charge in [-0.2, -0.15) is 0 Å². The maximum atomic E-state index is 13.2. The number of amides is 2. The van der Waals surface area contributed by atoms with Gasteiger partial charge < -0.3 is 4.84 Å². The molecule has 0 saturated carbocycles. The molecule has 0 fully saturated rings. The average Bonchev–Trinajstić information content (AvgIpc) is 2.80. The minimum atomic E-state index is -0.735. The zero-order chi connectivity index (χ0) is 17.3. The lowest BCUT2D eigenvalue weighted by atomic mass is 9.98. The van der Waals surface area contributed by atoms with Gasteiger partial charge in [0.15, 0.2) is 0 Å². The fourth-order valence-electron chi connectivity index (χ4n) is 2.57. The molecule has 0 radical (unpaired) electrons. The van der Waals surface area contributed by atoms with Gasteiger partial charge in [0.25, 0.3) is 11.8 Å². The maximum Gasteiger partial charge on any atom is 0.333 e. The van der Waals surface area contributed by atoms with Crippen LogP contribution in [-0.4, -0.2) is 22.8 Å². The Morgan fingerprint density at radius 1 is 1.08 bits per heavy atom. The number of benzene rings is 2. The van der Waals surface area contributed by atoms with Crippen molar-refractivity contribution in [1.29, 1.82) is 0 Å². The second-order valence-electron chi connectivity index (χ2n) is 5.57. The molecule has 1 aliphatic heterocycles. The van der Waals surface area contributed by atoms with Crippen molar-refractivity contribution in [1.82, 2.24) is 5.06 Å². The Morgan fingerprint density at radius 3 is 2.29 bits per heavy atom. The molecule has 2 aromatic rings. The highest BCUT2D eigenvalue weighted by molar-refractivity contribution is 6.20. The summed E-state index contributed by atoms with van der Waals surface area (Å²) in [4.78, 5) is 41.2. The first kappa shape index (κ1) is 15.9. The Kier molecular flexibility index (Phi) is 4.12. The van der Waals surface area contributed by atoms with E-state index < -0.39 is 23.6 Å². The number of rotatable bonds is 4. The van der Waals surface area contributed by atoms with E-state index in [1.165, 1.54) is 24.3 Å². The van der Waals surface area contributed by atoms with Gasteiger partial charge >= 0.3 is 5.97 Å². The third-order valence-corrected chi connectivity index (χ3v) is 3.84. The minimum Gasteiger partial charge on any atom is -0.330 e. The highest BCUT2D eigenvalue weighted by Crippen LogP contribution is 2.25. The molecule has 5 nitrogen and oxygen atoms in total. The summed E-state index contributed by atoms with van der Waals surface area (Å²) in [5.74, 6) is -2.78. The molecule has 24 heavy (non-hydrogen) atoms. The van der Waals surface area contributed by atoms with E-state index in [1.807, 2.05) is 0 Å². The number of imide groups is 1. The molecule has 0 bridgehead atoms. The number of carbonyl (C=O) groups is 3. The van der Waals surface area contributed by atoms with Gasteiger partial charge in [-0.05, 0) is 35.7 Å². The van der Waals surface area contributed by atoms with E-state index in [9.17, 15) is 18.8 Å². The second kappa shape index (κ2) is 6.23. The van der Waals surface area contributed by atoms with E-state index in [0.717, 1.165) is 0 Å². The van der Waals surface area contributed by atoms with Crippen LogP contribution < -0.4 is 0 Å². The van der Waals surface area contributed by atoms with Crippen molar-refractivity contribution in [3.05, 3.63) is 71.0 Å². The summed E-state index contributed by atoms with van der Waals surface area (Å²) in [6.07, 6.45) is -0.0864. The highest BCUT2D eigenvalue weighted by atomic mass is 19.1. The van der Waals surface area contributed by atoms with Crippen molar-refractivity contribution in [2.45, 2.75) is 19.3 Å². The van der Waals surface area contributed by atoms with Crippen molar-refractivity contribution >= 4 is 17.8 Å². The quantitative estimate of drug-likeness (QED) is 0.810. The molecule has 0 saturated heterocycles. The lowest BCUT2D eigenvalue weighted by molar-refractivity contribution is -0.168. The molecule has 3 rings (SSSR count). The van der Waals surface area contributed by atoms with Crippen LogP contribution in [0.3, 0.4) is 0 Å². The van der Waals surface area contributed by atoms with Crippen molar-refractivity contribution < 1.29 is 23.6 Å². The maximum absolute atomic E-state index is 13.2. The predicted molar refractivity (Wildman–Crippen MR) is 82.5 cm³/mol. The Bertz CT molecular complexity index is 798. The summed E-state index contributed by atoms with van der Waals surface area (Å²) in [5.41, 5.74) is 1.04. The summed E-state index contributed by atoms with van der Waals surface area (Å²) >= 11 is 0. The lowest BCUT2D eigenvalue weighted by Gasteiger charge is -2.15. The van der Waals surface area contributed by atoms with E-state index in [-0.39, 0.29) is 23.5 Å². The van der Waals surface area contributed by atoms with Crippen LogP contribution >= 0.6 is 0 Å². The molecule has 1 aliphatic rings. The van der Waals surface area contributed by atoms with Gasteiger partial charge in [-0.15, -0.1) is 0 Å². The van der Waals surface area contributed by atoms with E-state index in [4.69, 9.17) is 4.84 Å². The largest absolute Gasteiger partial charge is 0.333 e. The molecule has 6 heteroatoms. The van der Waals surface area contributed by atoms with Crippen LogP contribution in [0.5, 0.6) is 0 Å². The van der Waals surface area contributed by atoms with Crippen molar-refractivity contribution in [2.75, 3.05) is 0 Å². The van der Waals surface area contributed by atoms with Crippen LogP contribution in [0.25, 0.3) is 0 Å². The Balaban J connectivity index is 1.68. The molecule has 0 aromatic heterocycles. The Morgan fingerprint density at radius 2 is 1.71 bits per heavy atom. The van der Waals surface area contributed by atoms with Crippen molar-refractivity contribution in [2.24, 2.45) is 0 Å². The molecule has 122 valence electrons. The van der Waals surface area contributed by atoms with Gasteiger partial charge in [-0.25, -0.2) is 9.18 Å². The van der Waals surface area contributed by atoms with Crippen molar-refractivity contribution in [3.63, 3.8) is 0 Å². The molecular weight excluding hydrogens is 313 g/mol. The fraction of sp³-hybridized carbons (Fsp3) is 0.167. The molecule has 0 spiro atoms. The van der Waals surface area contributed by atoms with Crippen LogP contribution in [0, 0.1) is 5.82 Å². The van der Waals surface area contributed by atoms with Gasteiger partial charge in [0.05, 0.1) is 17.5 Å². The molecule has 0 aliphatic carbocycles. The van der Waals surface area contributed by atoms with Gasteiger partial charge in [-0.3, -0.25) is 9.59 Å². The van der Waals surface area contributed by atoms with Crippen LogP contribution in [0.15, 0.2) is 48.5 Å². The smallest absolute Gasteiger partial charge is 0.330 e. The van der Waals surface area contributed by atoms with E-state index >= 15 is 0 Å². The number of hydrogen-bond donors (Lipinski definition) is 0. The van der Waals surface area contributed by atoms with Crippen LogP contribution in [0.1, 0.15) is 45.5 Å². The molecule has 1 unspecified atom stereocenters. The number of fused-ring (bicyclic) bond motifs is 1. The minimum absolute atomic E-state index is 0.0864. The third-order valence-electron chi connectivity index (χ3n) is 3.84. The van der Waals surface area contributed by atoms with Crippen LogP contribution in [0.2, 0.25) is 0 Å². The number of hydroxylamine groups is 2. The van der Waals surface area contributed by atoms with E-state index in [1.54, 1.807) is 31.2 Å². The van der Waals surface area contributed by atoms with Gasteiger partial charge in [0.2, 0.25) is 0 Å². The second-order valence-corrected chi connectivity index (χ2v) is 5.57. The Hall–Kier alpha value is -3.02. The summed E-state index contributed by atoms with van der Waals surface area (Å²) < 4.78 is 13.2. The van der Waals surface area contributed by atoms with Gasteiger partial charge in [0, 0.05) is 0 Å². The molecule has 0 N–H and O–H groups in total. The molecule has 1 atom stereocenters. The first-order valence-electron chi connectivity index (χ1n) is 7.41. The summed E-state index contributed by atoms with van der Waals surface area (Å²) in [6.45, 7) is 1.73. The topological polar surface area (TPSA) is 63.7 Å². The molecule has 2 amide bonds. The summed E-state index contributed by atoms with van der Waals surface area (Å²) in [7, 11) is 0. The van der Waals surface area contributed by atoms with Gasteiger partial charge in [-0.1, -0.05) is 36.3 Å². The monoisotopic (exact) mass is 327 g/mol. The first-order valence-corrected chi connectivity index (χ1v) is 7.41. The summed E-state index contributed by atoms with van der Waals surface area (Å²) in [6, 6.07) is 12.1. The highest BCUT2D eigenvalue weighted by Gasteiger charge is 2.38. The Labute approximate surface area is 137 Å². The third kappa shape index (κ3) is 2.90. The predicted octanol–water partition coefficient (Wildman–Crippen LogP) is 3.07. The SMILES string of the molecule is CC(CC(=O)ON1C(=O)c2ccccc2C1=O)c1cccc(F)c1. The van der Waals surface area contributed by atoms with E-state index in [0.29, 0.717) is 10.6 Å². The number of carbonyl (C=O) groups excluding carboxylic acids is 3. The van der Waals surface area contributed by atoms with Crippen LogP contribution in [-0.2, 0) is 9.63 Å². The summed E-state index contributed by atoms with van der Waals surface area (Å²) in [5, 5.41) is 0.477. The standard InChI is InChI=1S/C18H14FNO4/c1-11(12-5-4-6-13(19)10-12)9-16(21)24-20-17(22)14-7-2-3-8-15(14)18(20)23/h2-8,10-11H,9H2,1H3. The zero-order valence-electron chi connectivity index (χ0n) is 12.9. The lowest BCUT2D eigenvalue weighted by Crippen LogP contribution is -2.33. The molecular formula is C18H14FNO4. The fourth-order valence-corrected chi connectivity index (χ4v) is 2.57. The normalized spacial score (nSPS) is 14.5. The zero-order valence-corrected chi connectivity index (χ0v) is 12.9. The average molecular weight is 327 g/mol. The van der Waals surface area contributed by atoms with Crippen molar-refractivity contribution in [3.8, 4) is 0 Å². The number of halogens is 1. The van der Waals surface area contributed by atoms with Gasteiger partial charge in [0.1, 0.15) is 5.82 Å². The molecule has 2 aromatic carbocycles. The molecule has 1 heterocycles. The number of nitrogens with zero attached hydrogens (tertiary/aromatic N) is 1.